The first-order valence-corrected chi connectivity index (χ1v) is 7.27. The summed E-state index contributed by atoms with van der Waals surface area (Å²) in [5.74, 6) is 0.589. The number of rotatable bonds is 4. The van der Waals surface area contributed by atoms with Crippen molar-refractivity contribution in [3.8, 4) is 0 Å². The number of aliphatic hydroxyl groups is 1. The van der Waals surface area contributed by atoms with E-state index in [1.807, 2.05) is 0 Å². The first kappa shape index (κ1) is 14.3. The van der Waals surface area contributed by atoms with Gasteiger partial charge >= 0.3 is 0 Å². The molecule has 2 nitrogen and oxygen atoms in total. The van der Waals surface area contributed by atoms with Crippen LogP contribution < -0.4 is 4.90 Å². The molecule has 0 aliphatic heterocycles. The Labute approximate surface area is 115 Å². The molecule has 3 heteroatoms. The summed E-state index contributed by atoms with van der Waals surface area (Å²) < 4.78 is 13.2. The van der Waals surface area contributed by atoms with E-state index in [2.05, 4.69) is 18.9 Å². The molecule has 0 spiro atoms. The van der Waals surface area contributed by atoms with Gasteiger partial charge in [0.15, 0.2) is 0 Å². The van der Waals surface area contributed by atoms with Crippen LogP contribution in [-0.2, 0) is 6.61 Å². The molecule has 0 unspecified atom stereocenters. The fourth-order valence-electron chi connectivity index (χ4n) is 3.16. The van der Waals surface area contributed by atoms with E-state index in [1.165, 1.54) is 44.2 Å². The molecule has 0 aromatic heterocycles. The van der Waals surface area contributed by atoms with E-state index >= 15 is 0 Å². The highest BCUT2D eigenvalue weighted by atomic mass is 19.1. The van der Waals surface area contributed by atoms with Gasteiger partial charge in [-0.3, -0.25) is 0 Å². The number of aliphatic hydroxyl groups excluding tert-OH is 1. The summed E-state index contributed by atoms with van der Waals surface area (Å²) in [7, 11) is 2.06. The van der Waals surface area contributed by atoms with E-state index in [4.69, 9.17) is 0 Å². The van der Waals surface area contributed by atoms with Gasteiger partial charge in [0.1, 0.15) is 5.82 Å². The van der Waals surface area contributed by atoms with Gasteiger partial charge in [0.25, 0.3) is 0 Å². The van der Waals surface area contributed by atoms with Crippen molar-refractivity contribution in [1.82, 2.24) is 0 Å². The zero-order chi connectivity index (χ0) is 13.8. The van der Waals surface area contributed by atoms with Gasteiger partial charge in [-0.15, -0.1) is 0 Å². The lowest BCUT2D eigenvalue weighted by Gasteiger charge is -2.36. The zero-order valence-electron chi connectivity index (χ0n) is 11.9. The molecule has 0 atom stereocenters. The third-order valence-electron chi connectivity index (χ3n) is 4.53. The highest BCUT2D eigenvalue weighted by Crippen LogP contribution is 2.32. The Balaban J connectivity index is 2.09. The molecular weight excluding hydrogens is 241 g/mol. The Morgan fingerprint density at radius 1 is 1.26 bits per heavy atom. The summed E-state index contributed by atoms with van der Waals surface area (Å²) in [4.78, 5) is 2.22. The van der Waals surface area contributed by atoms with E-state index in [0.29, 0.717) is 11.6 Å². The lowest BCUT2D eigenvalue weighted by atomic mass is 9.84. The summed E-state index contributed by atoms with van der Waals surface area (Å²) in [5.41, 5.74) is 1.64. The SMILES string of the molecule is CCC1CCC(N(C)c2ccc(F)cc2CO)CC1. The van der Waals surface area contributed by atoms with Crippen LogP contribution in [0.5, 0.6) is 0 Å². The summed E-state index contributed by atoms with van der Waals surface area (Å²) in [6.07, 6.45) is 6.21. The second-order valence-electron chi connectivity index (χ2n) is 5.62. The normalized spacial score (nSPS) is 23.4. The second kappa shape index (κ2) is 6.38. The number of hydrogen-bond donors (Lipinski definition) is 1. The van der Waals surface area contributed by atoms with Crippen molar-refractivity contribution in [3.63, 3.8) is 0 Å². The van der Waals surface area contributed by atoms with E-state index in [1.54, 1.807) is 6.07 Å². The van der Waals surface area contributed by atoms with Crippen LogP contribution in [0.4, 0.5) is 10.1 Å². The van der Waals surface area contributed by atoms with Crippen LogP contribution in [0.1, 0.15) is 44.6 Å². The van der Waals surface area contributed by atoms with Crippen molar-refractivity contribution in [2.45, 2.75) is 51.7 Å². The van der Waals surface area contributed by atoms with Crippen LogP contribution in [0, 0.1) is 11.7 Å². The van der Waals surface area contributed by atoms with Crippen LogP contribution >= 0.6 is 0 Å². The standard InChI is InChI=1S/C16H24FNO/c1-3-12-4-7-15(8-5-12)18(2)16-9-6-14(17)10-13(16)11-19/h6,9-10,12,15,19H,3-5,7-8,11H2,1-2H3. The molecule has 0 bridgehead atoms. The van der Waals surface area contributed by atoms with Crippen LogP contribution in [0.15, 0.2) is 18.2 Å². The van der Waals surface area contributed by atoms with E-state index in [0.717, 1.165) is 11.6 Å². The van der Waals surface area contributed by atoms with Crippen LogP contribution in [0.3, 0.4) is 0 Å². The predicted molar refractivity (Wildman–Crippen MR) is 76.8 cm³/mol. The van der Waals surface area contributed by atoms with Gasteiger partial charge < -0.3 is 10.0 Å². The van der Waals surface area contributed by atoms with Gasteiger partial charge in [-0.2, -0.15) is 0 Å². The minimum atomic E-state index is -0.282. The van der Waals surface area contributed by atoms with Crippen molar-refractivity contribution in [2.24, 2.45) is 5.92 Å². The molecule has 0 radical (unpaired) electrons. The second-order valence-corrected chi connectivity index (χ2v) is 5.62. The molecule has 1 fully saturated rings. The summed E-state index contributed by atoms with van der Waals surface area (Å²) in [6, 6.07) is 5.21. The zero-order valence-corrected chi connectivity index (χ0v) is 11.9. The Hall–Kier alpha value is -1.09. The molecular formula is C16H24FNO. The minimum absolute atomic E-state index is 0.109. The molecule has 0 saturated heterocycles. The number of halogens is 1. The van der Waals surface area contributed by atoms with Gasteiger partial charge in [0.05, 0.1) is 6.61 Å². The fraction of sp³-hybridized carbons (Fsp3) is 0.625. The monoisotopic (exact) mass is 265 g/mol. The topological polar surface area (TPSA) is 23.5 Å². The van der Waals surface area contributed by atoms with Crippen molar-refractivity contribution in [2.75, 3.05) is 11.9 Å². The molecule has 19 heavy (non-hydrogen) atoms. The van der Waals surface area contributed by atoms with Gasteiger partial charge in [0, 0.05) is 24.3 Å². The quantitative estimate of drug-likeness (QED) is 0.896. The van der Waals surface area contributed by atoms with Crippen LogP contribution in [0.25, 0.3) is 0 Å². The van der Waals surface area contributed by atoms with Crippen molar-refractivity contribution in [3.05, 3.63) is 29.6 Å². The average molecular weight is 265 g/mol. The molecule has 106 valence electrons. The number of nitrogens with zero attached hydrogens (tertiary/aromatic N) is 1. The lowest BCUT2D eigenvalue weighted by molar-refractivity contribution is 0.280. The molecule has 1 aliphatic carbocycles. The molecule has 1 aliphatic rings. The lowest BCUT2D eigenvalue weighted by Crippen LogP contribution is -2.35. The highest BCUT2D eigenvalue weighted by molar-refractivity contribution is 5.53. The molecule has 1 aromatic rings. The van der Waals surface area contributed by atoms with Gasteiger partial charge in [-0.05, 0) is 49.8 Å². The van der Waals surface area contributed by atoms with Gasteiger partial charge in [0.2, 0.25) is 0 Å². The number of benzene rings is 1. The third-order valence-corrected chi connectivity index (χ3v) is 4.53. The number of hydrogen-bond acceptors (Lipinski definition) is 2. The molecule has 0 heterocycles. The fourth-order valence-corrected chi connectivity index (χ4v) is 3.16. The van der Waals surface area contributed by atoms with Crippen molar-refractivity contribution in [1.29, 1.82) is 0 Å². The first-order chi connectivity index (χ1) is 9.15. The Morgan fingerprint density at radius 2 is 1.95 bits per heavy atom. The first-order valence-electron chi connectivity index (χ1n) is 7.27. The molecule has 1 N–H and O–H groups in total. The summed E-state index contributed by atoms with van der Waals surface area (Å²) >= 11 is 0. The number of anilines is 1. The molecule has 1 aromatic carbocycles. The van der Waals surface area contributed by atoms with Crippen molar-refractivity contribution >= 4 is 5.69 Å². The Bertz CT molecular complexity index is 413. The predicted octanol–water partition coefficient (Wildman–Crippen LogP) is 3.72. The Morgan fingerprint density at radius 3 is 2.53 bits per heavy atom. The maximum atomic E-state index is 13.2. The maximum Gasteiger partial charge on any atom is 0.123 e. The summed E-state index contributed by atoms with van der Waals surface area (Å²) in [5, 5.41) is 9.38. The van der Waals surface area contributed by atoms with E-state index < -0.39 is 0 Å². The average Bonchev–Trinajstić information content (AvgIpc) is 2.46. The maximum absolute atomic E-state index is 13.2. The largest absolute Gasteiger partial charge is 0.392 e. The van der Waals surface area contributed by atoms with Crippen LogP contribution in [-0.4, -0.2) is 18.2 Å². The molecule has 0 amide bonds. The van der Waals surface area contributed by atoms with Gasteiger partial charge in [-0.25, -0.2) is 4.39 Å². The van der Waals surface area contributed by atoms with Gasteiger partial charge in [-0.1, -0.05) is 13.3 Å². The van der Waals surface area contributed by atoms with Crippen LogP contribution in [0.2, 0.25) is 0 Å². The van der Waals surface area contributed by atoms with E-state index in [9.17, 15) is 9.50 Å². The third kappa shape index (κ3) is 3.27. The molecule has 2 rings (SSSR count). The van der Waals surface area contributed by atoms with E-state index in [-0.39, 0.29) is 12.4 Å². The minimum Gasteiger partial charge on any atom is -0.392 e. The van der Waals surface area contributed by atoms with Crippen molar-refractivity contribution < 1.29 is 9.50 Å². The summed E-state index contributed by atoms with van der Waals surface area (Å²) in [6.45, 7) is 2.15. The highest BCUT2D eigenvalue weighted by Gasteiger charge is 2.24. The Kier molecular flexibility index (Phi) is 4.81. The smallest absolute Gasteiger partial charge is 0.123 e. The molecule has 1 saturated carbocycles.